The number of benzene rings is 1. The smallest absolute Gasteiger partial charge is 0.245 e. The molecule has 0 unspecified atom stereocenters. The van der Waals surface area contributed by atoms with Gasteiger partial charge in [-0.25, -0.2) is 4.98 Å². The number of carbonyl (C=O) groups is 1. The summed E-state index contributed by atoms with van der Waals surface area (Å²) in [4.78, 5) is 18.5. The fourth-order valence-electron chi connectivity index (χ4n) is 1.88. The van der Waals surface area contributed by atoms with Gasteiger partial charge in [0.2, 0.25) is 5.91 Å². The van der Waals surface area contributed by atoms with E-state index in [4.69, 9.17) is 12.2 Å². The summed E-state index contributed by atoms with van der Waals surface area (Å²) in [6, 6.07) is 9.90. The Balaban J connectivity index is 1.75. The topological polar surface area (TPSA) is 69.3 Å². The zero-order valence-electron chi connectivity index (χ0n) is 13.7. The van der Waals surface area contributed by atoms with E-state index in [-0.39, 0.29) is 12.3 Å². The Hall–Kier alpha value is -2.03. The summed E-state index contributed by atoms with van der Waals surface area (Å²) < 4.78 is 0. The first-order chi connectivity index (χ1) is 11.5. The van der Waals surface area contributed by atoms with E-state index in [0.29, 0.717) is 11.7 Å². The highest BCUT2D eigenvalue weighted by Crippen LogP contribution is 2.21. The molecule has 0 saturated carbocycles. The predicted octanol–water partition coefficient (Wildman–Crippen LogP) is 1.41. The molecule has 1 aromatic heterocycles. The minimum Gasteiger partial charge on any atom is -0.360 e. The van der Waals surface area contributed by atoms with Gasteiger partial charge in [0.15, 0.2) is 5.11 Å². The first-order valence-corrected chi connectivity index (χ1v) is 8.80. The van der Waals surface area contributed by atoms with Gasteiger partial charge in [0.1, 0.15) is 5.01 Å². The highest BCUT2D eigenvalue weighted by atomic mass is 32.1. The number of aromatic nitrogens is 1. The lowest BCUT2D eigenvalue weighted by Gasteiger charge is -2.13. The largest absolute Gasteiger partial charge is 0.360 e. The fraction of sp³-hybridized carbons (Fsp3) is 0.312. The normalized spacial score (nSPS) is 10.5. The van der Waals surface area contributed by atoms with Gasteiger partial charge in [0.05, 0.1) is 12.1 Å². The molecule has 0 aliphatic carbocycles. The molecule has 2 aromatic rings. The number of carbonyl (C=O) groups excluding carboxylic acids is 1. The summed E-state index contributed by atoms with van der Waals surface area (Å²) in [5.74, 6) is -0.180. The van der Waals surface area contributed by atoms with Crippen LogP contribution in [0.1, 0.15) is 5.01 Å². The van der Waals surface area contributed by atoms with Gasteiger partial charge in [-0.1, -0.05) is 30.3 Å². The molecule has 3 N–H and O–H groups in total. The van der Waals surface area contributed by atoms with Crippen molar-refractivity contribution < 1.29 is 4.79 Å². The minimum atomic E-state index is -0.180. The quantitative estimate of drug-likeness (QED) is 0.533. The van der Waals surface area contributed by atoms with Crippen LogP contribution < -0.4 is 16.2 Å². The number of rotatable bonds is 6. The van der Waals surface area contributed by atoms with Gasteiger partial charge in [0, 0.05) is 24.0 Å². The van der Waals surface area contributed by atoms with Crippen molar-refractivity contribution in [1.82, 2.24) is 26.1 Å². The molecule has 24 heavy (non-hydrogen) atoms. The van der Waals surface area contributed by atoms with Gasteiger partial charge in [0.25, 0.3) is 0 Å². The first kappa shape index (κ1) is 18.3. The molecule has 0 aliphatic heterocycles. The summed E-state index contributed by atoms with van der Waals surface area (Å²) >= 11 is 6.56. The van der Waals surface area contributed by atoms with Crippen LogP contribution in [0.3, 0.4) is 0 Å². The van der Waals surface area contributed by atoms with Crippen LogP contribution in [0.5, 0.6) is 0 Å². The van der Waals surface area contributed by atoms with Crippen molar-refractivity contribution in [3.05, 3.63) is 40.7 Å². The molecule has 0 bridgehead atoms. The fourth-order valence-corrected chi connectivity index (χ4v) is 2.83. The molecule has 0 aliphatic rings. The number of likely N-dealkylation sites (N-methyl/N-ethyl adjacent to an activating group) is 1. The van der Waals surface area contributed by atoms with Crippen LogP contribution in [-0.4, -0.2) is 48.1 Å². The van der Waals surface area contributed by atoms with E-state index in [1.54, 1.807) is 0 Å². The number of hydrogen-bond donors (Lipinski definition) is 3. The zero-order valence-corrected chi connectivity index (χ0v) is 15.3. The molecule has 1 amide bonds. The number of thiazole rings is 1. The average molecular weight is 364 g/mol. The summed E-state index contributed by atoms with van der Waals surface area (Å²) in [5, 5.41) is 6.13. The molecule has 1 aromatic carbocycles. The van der Waals surface area contributed by atoms with E-state index in [0.717, 1.165) is 22.8 Å². The van der Waals surface area contributed by atoms with Gasteiger partial charge < -0.3 is 10.2 Å². The molecule has 128 valence electrons. The van der Waals surface area contributed by atoms with Crippen LogP contribution in [0, 0.1) is 0 Å². The number of hydrogen-bond acceptors (Lipinski definition) is 5. The molecular formula is C16H21N5OS2. The summed E-state index contributed by atoms with van der Waals surface area (Å²) in [6.45, 7) is 1.57. The van der Waals surface area contributed by atoms with Crippen LogP contribution in [-0.2, 0) is 11.2 Å². The first-order valence-electron chi connectivity index (χ1n) is 7.52. The van der Waals surface area contributed by atoms with Gasteiger partial charge >= 0.3 is 0 Å². The predicted molar refractivity (Wildman–Crippen MR) is 102 cm³/mol. The van der Waals surface area contributed by atoms with Crippen molar-refractivity contribution in [1.29, 1.82) is 0 Å². The molecule has 0 fully saturated rings. The second kappa shape index (κ2) is 9.31. The number of nitrogens with one attached hydrogen (secondary N) is 3. The van der Waals surface area contributed by atoms with Crippen molar-refractivity contribution in [2.45, 2.75) is 6.42 Å². The Morgan fingerprint density at radius 1 is 1.25 bits per heavy atom. The number of thiocarbonyl (C=S) groups is 1. The molecule has 0 saturated heterocycles. The molecule has 1 heterocycles. The molecular weight excluding hydrogens is 342 g/mol. The summed E-state index contributed by atoms with van der Waals surface area (Å²) in [7, 11) is 3.97. The van der Waals surface area contributed by atoms with Crippen LogP contribution in [0.25, 0.3) is 11.3 Å². The maximum absolute atomic E-state index is 11.9. The second-order valence-electron chi connectivity index (χ2n) is 5.40. The van der Waals surface area contributed by atoms with Gasteiger partial charge in [-0.2, -0.15) is 0 Å². The van der Waals surface area contributed by atoms with E-state index < -0.39 is 0 Å². The Morgan fingerprint density at radius 2 is 2.00 bits per heavy atom. The lowest BCUT2D eigenvalue weighted by atomic mass is 10.2. The molecule has 0 radical (unpaired) electrons. The highest BCUT2D eigenvalue weighted by Gasteiger charge is 2.09. The molecule has 0 spiro atoms. The van der Waals surface area contributed by atoms with Gasteiger partial charge in [-0.05, 0) is 26.3 Å². The van der Waals surface area contributed by atoms with Crippen LogP contribution in [0.4, 0.5) is 0 Å². The maximum Gasteiger partial charge on any atom is 0.245 e. The third-order valence-electron chi connectivity index (χ3n) is 3.09. The lowest BCUT2D eigenvalue weighted by Crippen LogP contribution is -2.48. The Morgan fingerprint density at radius 3 is 2.71 bits per heavy atom. The second-order valence-corrected chi connectivity index (χ2v) is 6.75. The zero-order chi connectivity index (χ0) is 17.4. The molecule has 8 heteroatoms. The third-order valence-corrected chi connectivity index (χ3v) is 4.19. The van der Waals surface area contributed by atoms with E-state index in [1.807, 2.05) is 54.7 Å². The molecule has 2 rings (SSSR count). The van der Waals surface area contributed by atoms with Crippen molar-refractivity contribution in [3.63, 3.8) is 0 Å². The molecule has 6 nitrogen and oxygen atoms in total. The number of hydrazine groups is 1. The molecule has 0 atom stereocenters. The summed E-state index contributed by atoms with van der Waals surface area (Å²) in [5.41, 5.74) is 7.20. The standard InChI is InChI=1S/C16H21N5OS2/c1-21(2)9-8-17-16(23)20-19-14(22)10-15-18-13(11-24-15)12-6-4-3-5-7-12/h3-7,11H,8-10H2,1-2H3,(H,19,22)(H2,17,20,23). The Labute approximate surface area is 151 Å². The van der Waals surface area contributed by atoms with E-state index >= 15 is 0 Å². The van der Waals surface area contributed by atoms with Gasteiger partial charge in [-0.15, -0.1) is 11.3 Å². The van der Waals surface area contributed by atoms with E-state index in [9.17, 15) is 4.79 Å². The number of nitrogens with zero attached hydrogens (tertiary/aromatic N) is 2. The van der Waals surface area contributed by atoms with E-state index in [2.05, 4.69) is 21.2 Å². The van der Waals surface area contributed by atoms with Crippen molar-refractivity contribution in [2.24, 2.45) is 0 Å². The lowest BCUT2D eigenvalue weighted by molar-refractivity contribution is -0.121. The van der Waals surface area contributed by atoms with E-state index in [1.165, 1.54) is 11.3 Å². The minimum absolute atomic E-state index is 0.180. The Kier molecular flexibility index (Phi) is 7.10. The van der Waals surface area contributed by atoms with Crippen LogP contribution in [0.15, 0.2) is 35.7 Å². The number of amides is 1. The summed E-state index contributed by atoms with van der Waals surface area (Å²) in [6.07, 6.45) is 0.213. The highest BCUT2D eigenvalue weighted by molar-refractivity contribution is 7.80. The monoisotopic (exact) mass is 363 g/mol. The van der Waals surface area contributed by atoms with Crippen LogP contribution >= 0.6 is 23.6 Å². The SMILES string of the molecule is CN(C)CCNC(=S)NNC(=O)Cc1nc(-c2ccccc2)cs1. The van der Waals surface area contributed by atoms with Crippen molar-refractivity contribution >= 4 is 34.6 Å². The van der Waals surface area contributed by atoms with Crippen molar-refractivity contribution in [2.75, 3.05) is 27.2 Å². The van der Waals surface area contributed by atoms with Crippen LogP contribution in [0.2, 0.25) is 0 Å². The average Bonchev–Trinajstić information content (AvgIpc) is 3.02. The maximum atomic E-state index is 11.9. The Bertz CT molecular complexity index is 672. The van der Waals surface area contributed by atoms with Gasteiger partial charge in [-0.3, -0.25) is 15.6 Å². The third kappa shape index (κ3) is 6.23. The van der Waals surface area contributed by atoms with Crippen molar-refractivity contribution in [3.8, 4) is 11.3 Å².